The highest BCUT2D eigenvalue weighted by Crippen LogP contribution is 2.53. The van der Waals surface area contributed by atoms with Crippen molar-refractivity contribution in [3.05, 3.63) is 216 Å². The summed E-state index contributed by atoms with van der Waals surface area (Å²) in [5.41, 5.74) is 10.7. The van der Waals surface area contributed by atoms with E-state index in [0.29, 0.717) is 28.9 Å². The van der Waals surface area contributed by atoms with Crippen molar-refractivity contribution in [1.82, 2.24) is 0 Å². The van der Waals surface area contributed by atoms with Crippen LogP contribution in [0.15, 0.2) is 204 Å². The highest BCUT2D eigenvalue weighted by Gasteiger charge is 2.35. The molecule has 0 saturated heterocycles. The predicted molar refractivity (Wildman–Crippen MR) is 233 cm³/mol. The summed E-state index contributed by atoms with van der Waals surface area (Å²) in [4.78, 5) is 3.85. The van der Waals surface area contributed by atoms with Crippen LogP contribution in [0.5, 0.6) is 0 Å². The lowest BCUT2D eigenvalue weighted by Gasteiger charge is -2.29. The van der Waals surface area contributed by atoms with Crippen LogP contribution in [-0.2, 0) is 0 Å². The second kappa shape index (κ2) is 14.1. The van der Waals surface area contributed by atoms with Gasteiger partial charge in [-0.25, -0.2) is 0 Å². The smallest absolute Gasteiger partial charge is 0.0554 e. The molecule has 0 spiro atoms. The molecule has 10 rings (SSSR count). The molecule has 5 unspecified atom stereocenters. The van der Waals surface area contributed by atoms with E-state index in [1.54, 1.807) is 0 Å². The number of thioether (sulfide) groups is 1. The first-order valence-corrected chi connectivity index (χ1v) is 20.8. The minimum Gasteiger partial charge on any atom is -0.310 e. The average molecular weight is 732 g/mol. The Morgan fingerprint density at radius 1 is 0.630 bits per heavy atom. The van der Waals surface area contributed by atoms with Gasteiger partial charge >= 0.3 is 0 Å². The molecule has 0 N–H and O–H groups in total. The Kier molecular flexibility index (Phi) is 8.70. The first kappa shape index (κ1) is 33.2. The first-order valence-electron chi connectivity index (χ1n) is 19.1. The van der Waals surface area contributed by atoms with Crippen molar-refractivity contribution in [3.63, 3.8) is 0 Å². The van der Waals surface area contributed by atoms with E-state index >= 15 is 0 Å². The zero-order chi connectivity index (χ0) is 36.0. The van der Waals surface area contributed by atoms with Crippen LogP contribution in [-0.4, -0.2) is 5.25 Å². The molecular weight excluding hydrogens is 691 g/mol. The molecule has 3 aliphatic rings. The Bertz CT molecular complexity index is 2600. The van der Waals surface area contributed by atoms with E-state index in [-0.39, 0.29) is 0 Å². The molecule has 1 aromatic heterocycles. The van der Waals surface area contributed by atoms with E-state index in [2.05, 4.69) is 200 Å². The molecule has 7 aromatic rings. The molecule has 6 aromatic carbocycles. The standard InChI is InChI=1S/C51H41NS2/c1-34-30-35(24-27-41(34)36-14-5-2-6-15-36)31-44(37-16-7-3-8-17-37)38-25-28-42-45-33-40(26-29-48(45)54-50(42)32-38)52(39-18-9-4-10-19-39)46-21-13-23-49-51(46)43-20-11-12-22-47(43)53-49/h2-30,32-34,41-42,44,50H,31H2,1H3. The number of benzene rings is 6. The maximum absolute atomic E-state index is 2.59. The van der Waals surface area contributed by atoms with Crippen molar-refractivity contribution in [3.8, 4) is 0 Å². The molecule has 0 amide bonds. The lowest BCUT2D eigenvalue weighted by Crippen LogP contribution is -2.15. The fourth-order valence-electron chi connectivity index (χ4n) is 8.90. The molecule has 0 bridgehead atoms. The van der Waals surface area contributed by atoms with Crippen LogP contribution in [0.3, 0.4) is 0 Å². The highest BCUT2D eigenvalue weighted by molar-refractivity contribution is 8.00. The Hall–Kier alpha value is -5.35. The summed E-state index contributed by atoms with van der Waals surface area (Å²) >= 11 is 3.90. The third kappa shape index (κ3) is 6.06. The second-order valence-electron chi connectivity index (χ2n) is 14.8. The average Bonchev–Trinajstić information content (AvgIpc) is 3.79. The summed E-state index contributed by atoms with van der Waals surface area (Å²) in [6.45, 7) is 2.37. The van der Waals surface area contributed by atoms with Crippen molar-refractivity contribution in [1.29, 1.82) is 0 Å². The maximum Gasteiger partial charge on any atom is 0.0554 e. The van der Waals surface area contributed by atoms with Gasteiger partial charge in [0.15, 0.2) is 0 Å². The fourth-order valence-corrected chi connectivity index (χ4v) is 11.4. The zero-order valence-electron chi connectivity index (χ0n) is 30.3. The van der Waals surface area contributed by atoms with Crippen LogP contribution in [0.4, 0.5) is 17.1 Å². The predicted octanol–water partition coefficient (Wildman–Crippen LogP) is 14.7. The van der Waals surface area contributed by atoms with Gasteiger partial charge in [-0.2, -0.15) is 0 Å². The summed E-state index contributed by atoms with van der Waals surface area (Å²) in [7, 11) is 0. The van der Waals surface area contributed by atoms with Gasteiger partial charge in [0.2, 0.25) is 0 Å². The summed E-state index contributed by atoms with van der Waals surface area (Å²) in [5.74, 6) is 1.52. The summed E-state index contributed by atoms with van der Waals surface area (Å²) < 4.78 is 2.64. The fraction of sp³-hybridized carbons (Fsp3) is 0.137. The molecule has 3 heteroatoms. The van der Waals surface area contributed by atoms with Gasteiger partial charge < -0.3 is 4.90 Å². The molecule has 0 saturated carbocycles. The Labute approximate surface area is 326 Å². The van der Waals surface area contributed by atoms with Gasteiger partial charge in [-0.15, -0.1) is 23.1 Å². The zero-order valence-corrected chi connectivity index (χ0v) is 31.9. The first-order chi connectivity index (χ1) is 26.7. The molecule has 54 heavy (non-hydrogen) atoms. The molecule has 262 valence electrons. The number of hydrogen-bond acceptors (Lipinski definition) is 3. The SMILES string of the molecule is CC1C=C(CC(C2=CC3Sc4ccc(N(c5ccccc5)c5cccc6sc7ccccc7c56)cc4C3C=C2)c2ccccc2)C=CC1c1ccccc1. The molecule has 0 radical (unpaired) electrons. The molecule has 2 heterocycles. The number of anilines is 3. The number of para-hydroxylation sites is 1. The van der Waals surface area contributed by atoms with E-state index in [1.165, 1.54) is 70.0 Å². The number of fused-ring (bicyclic) bond motifs is 6. The van der Waals surface area contributed by atoms with Crippen molar-refractivity contribution in [2.24, 2.45) is 5.92 Å². The number of rotatable bonds is 8. The van der Waals surface area contributed by atoms with E-state index in [0.717, 1.165) is 6.42 Å². The van der Waals surface area contributed by atoms with Crippen molar-refractivity contribution < 1.29 is 0 Å². The van der Waals surface area contributed by atoms with Crippen LogP contribution >= 0.6 is 23.1 Å². The van der Waals surface area contributed by atoms with E-state index in [4.69, 9.17) is 0 Å². The summed E-state index contributed by atoms with van der Waals surface area (Å²) in [6.07, 6.45) is 15.9. The third-order valence-corrected chi connectivity index (χ3v) is 14.0. The van der Waals surface area contributed by atoms with Gasteiger partial charge in [0.25, 0.3) is 0 Å². The van der Waals surface area contributed by atoms with Gasteiger partial charge in [0.05, 0.1) is 5.69 Å². The van der Waals surface area contributed by atoms with Gasteiger partial charge in [-0.1, -0.05) is 152 Å². The normalized spacial score (nSPS) is 20.7. The number of allylic oxidation sites excluding steroid dienone is 7. The lowest BCUT2D eigenvalue weighted by atomic mass is 9.77. The Morgan fingerprint density at radius 3 is 2.17 bits per heavy atom. The minimum atomic E-state index is 0.300. The highest BCUT2D eigenvalue weighted by atomic mass is 32.2. The van der Waals surface area contributed by atoms with Gasteiger partial charge in [0, 0.05) is 59.4 Å². The van der Waals surface area contributed by atoms with E-state index in [1.807, 2.05) is 23.1 Å². The minimum absolute atomic E-state index is 0.300. The van der Waals surface area contributed by atoms with Crippen LogP contribution in [0, 0.1) is 5.92 Å². The van der Waals surface area contributed by atoms with Crippen LogP contribution in [0.25, 0.3) is 20.2 Å². The number of thiophene rings is 1. The summed E-state index contributed by atoms with van der Waals surface area (Å²) in [5, 5.41) is 3.00. The monoisotopic (exact) mass is 731 g/mol. The largest absolute Gasteiger partial charge is 0.310 e. The van der Waals surface area contributed by atoms with Crippen LogP contribution in [0.2, 0.25) is 0 Å². The molecule has 2 aliphatic carbocycles. The third-order valence-electron chi connectivity index (χ3n) is 11.5. The molecule has 1 nitrogen and oxygen atoms in total. The quantitative estimate of drug-likeness (QED) is 0.153. The second-order valence-corrected chi connectivity index (χ2v) is 17.1. The van der Waals surface area contributed by atoms with Gasteiger partial charge in [-0.05, 0) is 83.1 Å². The molecular formula is C51H41NS2. The Balaban J connectivity index is 0.980. The van der Waals surface area contributed by atoms with Crippen LogP contribution in [0.1, 0.15) is 47.8 Å². The van der Waals surface area contributed by atoms with Crippen molar-refractivity contribution in [2.45, 2.75) is 41.2 Å². The van der Waals surface area contributed by atoms with Crippen LogP contribution < -0.4 is 4.90 Å². The molecule has 1 aliphatic heterocycles. The van der Waals surface area contributed by atoms with E-state index < -0.39 is 0 Å². The van der Waals surface area contributed by atoms with Crippen molar-refractivity contribution >= 4 is 60.3 Å². The number of nitrogens with zero attached hydrogens (tertiary/aromatic N) is 1. The van der Waals surface area contributed by atoms with E-state index in [9.17, 15) is 0 Å². The Morgan fingerprint density at radius 2 is 1.35 bits per heavy atom. The lowest BCUT2D eigenvalue weighted by molar-refractivity contribution is 0.621. The van der Waals surface area contributed by atoms with Crippen molar-refractivity contribution in [2.75, 3.05) is 4.90 Å². The number of hydrogen-bond donors (Lipinski definition) is 0. The van der Waals surface area contributed by atoms with Gasteiger partial charge in [0.1, 0.15) is 0 Å². The molecule has 0 fully saturated rings. The topological polar surface area (TPSA) is 3.24 Å². The maximum atomic E-state index is 2.59. The van der Waals surface area contributed by atoms with Gasteiger partial charge in [-0.3, -0.25) is 0 Å². The summed E-state index contributed by atoms with van der Waals surface area (Å²) in [6, 6.07) is 55.7. The molecule has 5 atom stereocenters.